The maximum absolute atomic E-state index is 10.8. The molecule has 1 aromatic heterocycles. The number of hydrogen-bond acceptors (Lipinski definition) is 3. The summed E-state index contributed by atoms with van der Waals surface area (Å²) in [5, 5.41) is 9.95. The molecule has 98 valence electrons. The van der Waals surface area contributed by atoms with Crippen molar-refractivity contribution in [3.05, 3.63) is 54.7 Å². The van der Waals surface area contributed by atoms with Crippen molar-refractivity contribution >= 4 is 16.9 Å². The molecule has 2 aromatic rings. The summed E-state index contributed by atoms with van der Waals surface area (Å²) in [7, 11) is 0. The van der Waals surface area contributed by atoms with Gasteiger partial charge in [0.2, 0.25) is 0 Å². The zero-order chi connectivity index (χ0) is 13.7. The number of para-hydroxylation sites is 1. The van der Waals surface area contributed by atoms with Crippen LogP contribution in [-0.4, -0.2) is 34.0 Å². The third-order valence-electron chi connectivity index (χ3n) is 2.79. The van der Waals surface area contributed by atoms with Gasteiger partial charge in [-0.25, -0.2) is 0 Å². The second kappa shape index (κ2) is 6.11. The van der Waals surface area contributed by atoms with Crippen molar-refractivity contribution in [3.63, 3.8) is 0 Å². The second-order valence-electron chi connectivity index (χ2n) is 4.35. The number of carboxylic acid groups (broad SMARTS) is 1. The number of rotatable bonds is 6. The van der Waals surface area contributed by atoms with E-state index in [9.17, 15) is 4.79 Å². The number of benzene rings is 1. The van der Waals surface area contributed by atoms with Gasteiger partial charge >= 0.3 is 5.97 Å². The number of aliphatic carboxylic acids is 1. The smallest absolute Gasteiger partial charge is 0.317 e. The van der Waals surface area contributed by atoms with E-state index in [1.807, 2.05) is 36.4 Å². The van der Waals surface area contributed by atoms with Crippen LogP contribution >= 0.6 is 0 Å². The molecule has 0 spiro atoms. The van der Waals surface area contributed by atoms with Crippen LogP contribution in [0.15, 0.2) is 49.1 Å². The Morgan fingerprint density at radius 3 is 2.84 bits per heavy atom. The van der Waals surface area contributed by atoms with Gasteiger partial charge in [-0.05, 0) is 12.1 Å². The quantitative estimate of drug-likeness (QED) is 0.806. The first-order chi connectivity index (χ1) is 9.19. The molecule has 0 aliphatic heterocycles. The lowest BCUT2D eigenvalue weighted by molar-refractivity contribution is -0.138. The fourth-order valence-electron chi connectivity index (χ4n) is 1.98. The van der Waals surface area contributed by atoms with Crippen LogP contribution in [0.3, 0.4) is 0 Å². The Labute approximate surface area is 112 Å². The SMILES string of the molecule is C=CCN(CC(=O)O)Cc1ccc2ccccc2n1. The van der Waals surface area contributed by atoms with Crippen LogP contribution in [0.4, 0.5) is 0 Å². The molecule has 0 saturated heterocycles. The molecule has 0 unspecified atom stereocenters. The summed E-state index contributed by atoms with van der Waals surface area (Å²) in [6.07, 6.45) is 1.70. The van der Waals surface area contributed by atoms with E-state index in [1.165, 1.54) is 0 Å². The van der Waals surface area contributed by atoms with Crippen LogP contribution in [0.2, 0.25) is 0 Å². The summed E-state index contributed by atoms with van der Waals surface area (Å²) in [4.78, 5) is 17.1. The van der Waals surface area contributed by atoms with Crippen molar-refractivity contribution in [2.75, 3.05) is 13.1 Å². The summed E-state index contributed by atoms with van der Waals surface area (Å²) < 4.78 is 0. The maximum Gasteiger partial charge on any atom is 0.317 e. The number of aromatic nitrogens is 1. The average molecular weight is 256 g/mol. The molecule has 1 N–H and O–H groups in total. The Balaban J connectivity index is 2.18. The Hall–Kier alpha value is -2.20. The molecule has 0 fully saturated rings. The van der Waals surface area contributed by atoms with Gasteiger partial charge in [0.15, 0.2) is 0 Å². The molecule has 0 aliphatic carbocycles. The predicted octanol–water partition coefficient (Wildman–Crippen LogP) is 2.31. The summed E-state index contributed by atoms with van der Waals surface area (Å²) in [6, 6.07) is 11.8. The van der Waals surface area contributed by atoms with Crippen molar-refractivity contribution in [1.29, 1.82) is 0 Å². The Morgan fingerprint density at radius 2 is 2.11 bits per heavy atom. The highest BCUT2D eigenvalue weighted by molar-refractivity contribution is 5.78. The van der Waals surface area contributed by atoms with E-state index >= 15 is 0 Å². The molecule has 0 aliphatic rings. The van der Waals surface area contributed by atoms with Gasteiger partial charge < -0.3 is 5.11 Å². The fraction of sp³-hybridized carbons (Fsp3) is 0.200. The number of fused-ring (bicyclic) bond motifs is 1. The first kappa shape index (κ1) is 13.2. The molecule has 0 amide bonds. The van der Waals surface area contributed by atoms with E-state index in [0.29, 0.717) is 13.1 Å². The van der Waals surface area contributed by atoms with E-state index in [-0.39, 0.29) is 6.54 Å². The highest BCUT2D eigenvalue weighted by atomic mass is 16.4. The number of carboxylic acids is 1. The van der Waals surface area contributed by atoms with Gasteiger partial charge in [-0.15, -0.1) is 6.58 Å². The Kier molecular flexibility index (Phi) is 4.26. The van der Waals surface area contributed by atoms with Crippen molar-refractivity contribution in [2.45, 2.75) is 6.54 Å². The van der Waals surface area contributed by atoms with Gasteiger partial charge in [0, 0.05) is 18.5 Å². The van der Waals surface area contributed by atoms with Gasteiger partial charge in [-0.3, -0.25) is 14.7 Å². The molecule has 1 aromatic carbocycles. The summed E-state index contributed by atoms with van der Waals surface area (Å²) >= 11 is 0. The van der Waals surface area contributed by atoms with Crippen molar-refractivity contribution in [3.8, 4) is 0 Å². The minimum atomic E-state index is -0.845. The molecule has 1 heterocycles. The normalized spacial score (nSPS) is 10.8. The molecule has 0 atom stereocenters. The third-order valence-corrected chi connectivity index (χ3v) is 2.79. The van der Waals surface area contributed by atoms with Crippen LogP contribution < -0.4 is 0 Å². The minimum absolute atomic E-state index is 0.0134. The molecule has 4 heteroatoms. The fourth-order valence-corrected chi connectivity index (χ4v) is 1.98. The summed E-state index contributed by atoms with van der Waals surface area (Å²) in [6.45, 7) is 4.66. The molecule has 0 saturated carbocycles. The van der Waals surface area contributed by atoms with Crippen LogP contribution in [0.5, 0.6) is 0 Å². The van der Waals surface area contributed by atoms with Crippen LogP contribution in [0, 0.1) is 0 Å². The van der Waals surface area contributed by atoms with Crippen LogP contribution in [0.1, 0.15) is 5.69 Å². The second-order valence-corrected chi connectivity index (χ2v) is 4.35. The largest absolute Gasteiger partial charge is 0.480 e. The van der Waals surface area contributed by atoms with E-state index in [1.54, 1.807) is 11.0 Å². The minimum Gasteiger partial charge on any atom is -0.480 e. The standard InChI is InChI=1S/C15H16N2O2/c1-2-9-17(11-15(18)19)10-13-8-7-12-5-3-4-6-14(12)16-13/h2-8H,1,9-11H2,(H,18,19). The molecule has 0 radical (unpaired) electrons. The number of nitrogens with zero attached hydrogens (tertiary/aromatic N) is 2. The lowest BCUT2D eigenvalue weighted by Gasteiger charge is -2.17. The van der Waals surface area contributed by atoms with Crippen molar-refractivity contribution in [1.82, 2.24) is 9.88 Å². The van der Waals surface area contributed by atoms with Gasteiger partial charge in [0.1, 0.15) is 0 Å². The van der Waals surface area contributed by atoms with Crippen molar-refractivity contribution in [2.24, 2.45) is 0 Å². The number of hydrogen-bond donors (Lipinski definition) is 1. The van der Waals surface area contributed by atoms with Gasteiger partial charge in [-0.1, -0.05) is 30.3 Å². The van der Waals surface area contributed by atoms with Crippen LogP contribution in [-0.2, 0) is 11.3 Å². The molecular weight excluding hydrogens is 240 g/mol. The lowest BCUT2D eigenvalue weighted by Crippen LogP contribution is -2.29. The lowest BCUT2D eigenvalue weighted by atomic mass is 10.2. The summed E-state index contributed by atoms with van der Waals surface area (Å²) in [5.74, 6) is -0.845. The van der Waals surface area contributed by atoms with Crippen molar-refractivity contribution < 1.29 is 9.90 Å². The zero-order valence-corrected chi connectivity index (χ0v) is 10.6. The Bertz CT molecular complexity index is 595. The van der Waals surface area contributed by atoms with E-state index in [2.05, 4.69) is 11.6 Å². The van der Waals surface area contributed by atoms with Gasteiger partial charge in [0.25, 0.3) is 0 Å². The monoisotopic (exact) mass is 256 g/mol. The van der Waals surface area contributed by atoms with E-state index in [0.717, 1.165) is 16.6 Å². The van der Waals surface area contributed by atoms with Gasteiger partial charge in [0.05, 0.1) is 17.8 Å². The van der Waals surface area contributed by atoms with E-state index < -0.39 is 5.97 Å². The number of pyridine rings is 1. The van der Waals surface area contributed by atoms with Gasteiger partial charge in [-0.2, -0.15) is 0 Å². The highest BCUT2D eigenvalue weighted by Crippen LogP contribution is 2.13. The van der Waals surface area contributed by atoms with E-state index in [4.69, 9.17) is 5.11 Å². The molecular formula is C15H16N2O2. The number of carbonyl (C=O) groups is 1. The first-order valence-electron chi connectivity index (χ1n) is 6.09. The zero-order valence-electron chi connectivity index (χ0n) is 10.6. The molecule has 0 bridgehead atoms. The summed E-state index contributed by atoms with van der Waals surface area (Å²) in [5.41, 5.74) is 1.79. The average Bonchev–Trinajstić information content (AvgIpc) is 2.38. The van der Waals surface area contributed by atoms with Crippen LogP contribution in [0.25, 0.3) is 10.9 Å². The molecule has 19 heavy (non-hydrogen) atoms. The molecule has 2 rings (SSSR count). The third kappa shape index (κ3) is 3.63. The molecule has 4 nitrogen and oxygen atoms in total. The Morgan fingerprint density at radius 1 is 1.32 bits per heavy atom. The maximum atomic E-state index is 10.8. The highest BCUT2D eigenvalue weighted by Gasteiger charge is 2.09. The predicted molar refractivity (Wildman–Crippen MR) is 74.9 cm³/mol. The first-order valence-corrected chi connectivity index (χ1v) is 6.09. The topological polar surface area (TPSA) is 53.4 Å².